The highest BCUT2D eigenvalue weighted by Crippen LogP contribution is 2.05. The molecule has 3 N–H and O–H groups in total. The fraction of sp³-hybridized carbons (Fsp3) is 0.300. The minimum atomic E-state index is -1.01. The summed E-state index contributed by atoms with van der Waals surface area (Å²) in [6.07, 6.45) is 3.91. The lowest BCUT2D eigenvalue weighted by Crippen LogP contribution is -2.30. The van der Waals surface area contributed by atoms with Crippen LogP contribution in [0.4, 0.5) is 0 Å². The van der Waals surface area contributed by atoms with Gasteiger partial charge in [-0.25, -0.2) is 0 Å². The van der Waals surface area contributed by atoms with Crippen molar-refractivity contribution in [3.63, 3.8) is 0 Å². The van der Waals surface area contributed by atoms with Crippen molar-refractivity contribution >= 4 is 5.97 Å². The number of nitrogens with two attached hydrogens (primary N) is 1. The first-order chi connectivity index (χ1) is 7.13. The van der Waals surface area contributed by atoms with E-state index in [-0.39, 0.29) is 0 Å². The topological polar surface area (TPSA) is 100 Å². The van der Waals surface area contributed by atoms with Gasteiger partial charge in [0.05, 0.1) is 5.56 Å². The molecule has 0 fully saturated rings. The van der Waals surface area contributed by atoms with E-state index in [1.807, 2.05) is 6.07 Å². The second-order valence-corrected chi connectivity index (χ2v) is 3.18. The molecule has 0 saturated heterocycles. The number of carboxylic acid groups (broad SMARTS) is 1. The van der Waals surface area contributed by atoms with Crippen molar-refractivity contribution in [3.05, 3.63) is 29.6 Å². The van der Waals surface area contributed by atoms with Crippen molar-refractivity contribution < 1.29 is 9.90 Å². The molecule has 1 heterocycles. The molecule has 5 nitrogen and oxygen atoms in total. The van der Waals surface area contributed by atoms with Crippen LogP contribution >= 0.6 is 0 Å². The standard InChI is InChI=1S/C10H11N3O2/c11-4-8-3-7(5-13-6-8)1-2-9(12)10(14)15/h3,5-6,9H,1-2,12H2,(H,14,15)/t9-/m0/s1. The van der Waals surface area contributed by atoms with E-state index in [4.69, 9.17) is 16.1 Å². The minimum Gasteiger partial charge on any atom is -0.480 e. The summed E-state index contributed by atoms with van der Waals surface area (Å²) < 4.78 is 0. The van der Waals surface area contributed by atoms with E-state index in [2.05, 4.69) is 4.98 Å². The predicted molar refractivity (Wildman–Crippen MR) is 52.9 cm³/mol. The first-order valence-corrected chi connectivity index (χ1v) is 4.46. The van der Waals surface area contributed by atoms with Gasteiger partial charge in [0.15, 0.2) is 0 Å². The molecule has 0 spiro atoms. The Morgan fingerprint density at radius 3 is 3.00 bits per heavy atom. The second-order valence-electron chi connectivity index (χ2n) is 3.18. The SMILES string of the molecule is N#Cc1cncc(CC[C@H](N)C(=O)O)c1. The molecule has 15 heavy (non-hydrogen) atoms. The third kappa shape index (κ3) is 3.37. The van der Waals surface area contributed by atoms with Gasteiger partial charge in [-0.05, 0) is 24.5 Å². The zero-order valence-electron chi connectivity index (χ0n) is 8.05. The average molecular weight is 205 g/mol. The summed E-state index contributed by atoms with van der Waals surface area (Å²) in [6, 6.07) is 2.78. The van der Waals surface area contributed by atoms with E-state index in [0.29, 0.717) is 18.4 Å². The molecule has 0 bridgehead atoms. The lowest BCUT2D eigenvalue weighted by molar-refractivity contribution is -0.138. The van der Waals surface area contributed by atoms with Crippen LogP contribution in [0.25, 0.3) is 0 Å². The molecule has 5 heteroatoms. The Morgan fingerprint density at radius 1 is 1.67 bits per heavy atom. The van der Waals surface area contributed by atoms with E-state index < -0.39 is 12.0 Å². The first kappa shape index (κ1) is 11.1. The van der Waals surface area contributed by atoms with E-state index in [1.54, 1.807) is 12.3 Å². The van der Waals surface area contributed by atoms with Crippen molar-refractivity contribution in [3.8, 4) is 6.07 Å². The van der Waals surface area contributed by atoms with Gasteiger partial charge in [-0.1, -0.05) is 0 Å². The lowest BCUT2D eigenvalue weighted by atomic mass is 10.1. The van der Waals surface area contributed by atoms with Gasteiger partial charge >= 0.3 is 5.97 Å². The minimum absolute atomic E-state index is 0.339. The average Bonchev–Trinajstić information content (AvgIpc) is 2.26. The highest BCUT2D eigenvalue weighted by Gasteiger charge is 2.10. The fourth-order valence-electron chi connectivity index (χ4n) is 1.13. The molecule has 1 rings (SSSR count). The Hall–Kier alpha value is -1.93. The molecule has 0 aliphatic rings. The van der Waals surface area contributed by atoms with Crippen molar-refractivity contribution in [2.75, 3.05) is 0 Å². The molecule has 0 aliphatic heterocycles. The van der Waals surface area contributed by atoms with Crippen LogP contribution in [0.1, 0.15) is 17.5 Å². The second kappa shape index (κ2) is 5.08. The number of carboxylic acids is 1. The molecule has 0 unspecified atom stereocenters. The fourth-order valence-corrected chi connectivity index (χ4v) is 1.13. The van der Waals surface area contributed by atoms with Crippen LogP contribution in [0.15, 0.2) is 18.5 Å². The highest BCUT2D eigenvalue weighted by molar-refractivity contribution is 5.73. The molecule has 1 aromatic heterocycles. The highest BCUT2D eigenvalue weighted by atomic mass is 16.4. The van der Waals surface area contributed by atoms with E-state index >= 15 is 0 Å². The van der Waals surface area contributed by atoms with Crippen LogP contribution in [-0.2, 0) is 11.2 Å². The van der Waals surface area contributed by atoms with E-state index in [1.165, 1.54) is 6.20 Å². The normalized spacial score (nSPS) is 11.7. The van der Waals surface area contributed by atoms with Gasteiger partial charge < -0.3 is 10.8 Å². The van der Waals surface area contributed by atoms with E-state index in [0.717, 1.165) is 5.56 Å². The monoisotopic (exact) mass is 205 g/mol. The number of aromatic nitrogens is 1. The van der Waals surface area contributed by atoms with Gasteiger partial charge in [-0.2, -0.15) is 5.26 Å². The van der Waals surface area contributed by atoms with Crippen LogP contribution in [-0.4, -0.2) is 22.1 Å². The molecule has 1 atom stereocenters. The Kier molecular flexibility index (Phi) is 3.77. The van der Waals surface area contributed by atoms with Gasteiger partial charge in [0.25, 0.3) is 0 Å². The number of aryl methyl sites for hydroxylation is 1. The summed E-state index contributed by atoms with van der Waals surface area (Å²) in [5.41, 5.74) is 6.64. The molecule has 1 aromatic rings. The third-order valence-electron chi connectivity index (χ3n) is 1.99. The van der Waals surface area contributed by atoms with Crippen molar-refractivity contribution in [2.24, 2.45) is 5.73 Å². The number of hydrogen-bond acceptors (Lipinski definition) is 4. The van der Waals surface area contributed by atoms with Crippen LogP contribution < -0.4 is 5.73 Å². The number of rotatable bonds is 4. The Labute approximate surface area is 87.2 Å². The summed E-state index contributed by atoms with van der Waals surface area (Å²) in [5.74, 6) is -1.01. The van der Waals surface area contributed by atoms with E-state index in [9.17, 15) is 4.79 Å². The first-order valence-electron chi connectivity index (χ1n) is 4.46. The number of hydrogen-bond donors (Lipinski definition) is 2. The van der Waals surface area contributed by atoms with Gasteiger partial charge in [0, 0.05) is 12.4 Å². The summed E-state index contributed by atoms with van der Waals surface area (Å²) in [6.45, 7) is 0. The zero-order chi connectivity index (χ0) is 11.3. The molecule has 0 aliphatic carbocycles. The Bertz CT molecular complexity index is 398. The van der Waals surface area contributed by atoms with Crippen LogP contribution in [0, 0.1) is 11.3 Å². The molecular weight excluding hydrogens is 194 g/mol. The maximum absolute atomic E-state index is 10.5. The summed E-state index contributed by atoms with van der Waals surface area (Å²) in [5, 5.41) is 17.2. The molecule has 0 radical (unpaired) electrons. The van der Waals surface area contributed by atoms with Gasteiger partial charge in [0.2, 0.25) is 0 Å². The Morgan fingerprint density at radius 2 is 2.40 bits per heavy atom. The summed E-state index contributed by atoms with van der Waals surface area (Å²) in [4.78, 5) is 14.3. The van der Waals surface area contributed by atoms with Gasteiger partial charge in [0.1, 0.15) is 12.1 Å². The molecule has 0 saturated carbocycles. The summed E-state index contributed by atoms with van der Waals surface area (Å²) >= 11 is 0. The molecule has 0 amide bonds. The molecule has 78 valence electrons. The zero-order valence-corrected chi connectivity index (χ0v) is 8.05. The van der Waals surface area contributed by atoms with Crippen LogP contribution in [0.5, 0.6) is 0 Å². The van der Waals surface area contributed by atoms with Crippen LogP contribution in [0.3, 0.4) is 0 Å². The number of aliphatic carboxylic acids is 1. The summed E-state index contributed by atoms with van der Waals surface area (Å²) in [7, 11) is 0. The van der Waals surface area contributed by atoms with Crippen molar-refractivity contribution in [1.29, 1.82) is 5.26 Å². The molecule has 0 aromatic carbocycles. The maximum atomic E-state index is 10.5. The smallest absolute Gasteiger partial charge is 0.320 e. The van der Waals surface area contributed by atoms with Gasteiger partial charge in [-0.15, -0.1) is 0 Å². The molecular formula is C10H11N3O2. The van der Waals surface area contributed by atoms with Crippen molar-refractivity contribution in [1.82, 2.24) is 4.98 Å². The largest absolute Gasteiger partial charge is 0.480 e. The number of nitriles is 1. The number of pyridine rings is 1. The maximum Gasteiger partial charge on any atom is 0.320 e. The Balaban J connectivity index is 2.58. The van der Waals surface area contributed by atoms with Gasteiger partial charge in [-0.3, -0.25) is 9.78 Å². The third-order valence-corrected chi connectivity index (χ3v) is 1.99. The van der Waals surface area contributed by atoms with Crippen LogP contribution in [0.2, 0.25) is 0 Å². The lowest BCUT2D eigenvalue weighted by Gasteiger charge is -2.05. The van der Waals surface area contributed by atoms with Crippen molar-refractivity contribution in [2.45, 2.75) is 18.9 Å². The quantitative estimate of drug-likeness (QED) is 0.736. The predicted octanol–water partition coefficient (Wildman–Crippen LogP) is 0.298. The number of carbonyl (C=O) groups is 1. The number of nitrogens with zero attached hydrogens (tertiary/aromatic N) is 2.